The molecule has 1 heterocycles. The van der Waals surface area contributed by atoms with Gasteiger partial charge < -0.3 is 14.2 Å². The predicted molar refractivity (Wildman–Crippen MR) is 107 cm³/mol. The van der Waals surface area contributed by atoms with E-state index >= 15 is 0 Å². The number of aryl methyl sites for hydroxylation is 1. The summed E-state index contributed by atoms with van der Waals surface area (Å²) < 4.78 is 43.7. The molecule has 0 aliphatic carbocycles. The Morgan fingerprint density at radius 2 is 1.76 bits per heavy atom. The fraction of sp³-hybridized carbons (Fsp3) is 0.200. The molecule has 0 saturated heterocycles. The SMILES string of the molecule is COCOc1cccc(COc2nccnc2NS(=O)(=O)c2ccc(C)cc2)c1. The van der Waals surface area contributed by atoms with Crippen LogP contribution in [-0.2, 0) is 21.4 Å². The molecule has 9 heteroatoms. The lowest BCUT2D eigenvalue weighted by molar-refractivity contribution is 0.0510. The van der Waals surface area contributed by atoms with Crippen LogP contribution in [0.1, 0.15) is 11.1 Å². The number of benzene rings is 2. The molecule has 0 amide bonds. The Bertz CT molecular complexity index is 1060. The molecule has 0 aliphatic rings. The van der Waals surface area contributed by atoms with Gasteiger partial charge in [0, 0.05) is 19.5 Å². The summed E-state index contributed by atoms with van der Waals surface area (Å²) in [5.74, 6) is 0.721. The van der Waals surface area contributed by atoms with Crippen molar-refractivity contribution in [3.63, 3.8) is 0 Å². The highest BCUT2D eigenvalue weighted by atomic mass is 32.2. The van der Waals surface area contributed by atoms with Crippen molar-refractivity contribution in [3.05, 3.63) is 72.1 Å². The summed E-state index contributed by atoms with van der Waals surface area (Å²) in [6, 6.07) is 13.8. The maximum atomic E-state index is 12.6. The van der Waals surface area contributed by atoms with Crippen LogP contribution >= 0.6 is 0 Å². The van der Waals surface area contributed by atoms with Crippen molar-refractivity contribution in [2.24, 2.45) is 0 Å². The third kappa shape index (κ3) is 5.66. The Hall–Kier alpha value is -3.17. The van der Waals surface area contributed by atoms with Crippen molar-refractivity contribution in [1.82, 2.24) is 9.97 Å². The van der Waals surface area contributed by atoms with E-state index in [1.54, 1.807) is 31.4 Å². The molecule has 1 N–H and O–H groups in total. The third-order valence-electron chi connectivity index (χ3n) is 3.84. The van der Waals surface area contributed by atoms with Gasteiger partial charge in [-0.3, -0.25) is 4.72 Å². The van der Waals surface area contributed by atoms with Crippen LogP contribution in [0.3, 0.4) is 0 Å². The van der Waals surface area contributed by atoms with Crippen molar-refractivity contribution in [2.45, 2.75) is 18.4 Å². The number of methoxy groups -OCH3 is 1. The van der Waals surface area contributed by atoms with Gasteiger partial charge >= 0.3 is 0 Å². The first-order chi connectivity index (χ1) is 14.0. The second kappa shape index (κ2) is 9.35. The van der Waals surface area contributed by atoms with E-state index in [0.29, 0.717) is 5.75 Å². The molecule has 152 valence electrons. The maximum absolute atomic E-state index is 12.6. The lowest BCUT2D eigenvalue weighted by Crippen LogP contribution is -2.15. The minimum Gasteiger partial charge on any atom is -0.470 e. The number of sulfonamides is 1. The van der Waals surface area contributed by atoms with Crippen LogP contribution in [0.15, 0.2) is 65.8 Å². The van der Waals surface area contributed by atoms with E-state index in [1.807, 2.05) is 19.1 Å². The highest BCUT2D eigenvalue weighted by molar-refractivity contribution is 7.92. The summed E-state index contributed by atoms with van der Waals surface area (Å²) in [7, 11) is -2.28. The Labute approximate surface area is 169 Å². The highest BCUT2D eigenvalue weighted by Gasteiger charge is 2.18. The number of rotatable bonds is 9. The second-order valence-electron chi connectivity index (χ2n) is 6.12. The maximum Gasteiger partial charge on any atom is 0.263 e. The van der Waals surface area contributed by atoms with Gasteiger partial charge in [-0.1, -0.05) is 29.8 Å². The average molecular weight is 415 g/mol. The van der Waals surface area contributed by atoms with Gasteiger partial charge in [-0.2, -0.15) is 0 Å². The standard InChI is InChI=1S/C20H21N3O5S/c1-15-6-8-18(9-7-15)29(24,25)23-19-20(22-11-10-21-19)27-13-16-4-3-5-17(12-16)28-14-26-2/h3-12H,13-14H2,1-2H3,(H,21,23). The fourth-order valence-electron chi connectivity index (χ4n) is 2.41. The van der Waals surface area contributed by atoms with Crippen LogP contribution in [-0.4, -0.2) is 32.3 Å². The van der Waals surface area contributed by atoms with E-state index in [0.717, 1.165) is 11.1 Å². The van der Waals surface area contributed by atoms with Gasteiger partial charge in [0.2, 0.25) is 5.82 Å². The monoisotopic (exact) mass is 415 g/mol. The van der Waals surface area contributed by atoms with Gasteiger partial charge in [0.25, 0.3) is 15.9 Å². The Morgan fingerprint density at radius 3 is 2.52 bits per heavy atom. The number of ether oxygens (including phenoxy) is 3. The molecule has 0 atom stereocenters. The topological polar surface area (TPSA) is 99.6 Å². The molecule has 8 nitrogen and oxygen atoms in total. The van der Waals surface area contributed by atoms with Crippen molar-refractivity contribution < 1.29 is 22.6 Å². The average Bonchev–Trinajstić information content (AvgIpc) is 2.72. The molecular weight excluding hydrogens is 394 g/mol. The molecule has 0 unspecified atom stereocenters. The molecule has 0 radical (unpaired) electrons. The van der Waals surface area contributed by atoms with E-state index in [1.165, 1.54) is 24.5 Å². The minimum atomic E-state index is -3.82. The number of nitrogens with one attached hydrogen (secondary N) is 1. The van der Waals surface area contributed by atoms with Crippen molar-refractivity contribution in [2.75, 3.05) is 18.6 Å². The minimum absolute atomic E-state index is 0.0138. The molecule has 0 saturated carbocycles. The van der Waals surface area contributed by atoms with E-state index in [-0.39, 0.29) is 30.0 Å². The Kier molecular flexibility index (Phi) is 6.63. The van der Waals surface area contributed by atoms with E-state index in [9.17, 15) is 8.42 Å². The van der Waals surface area contributed by atoms with Gasteiger partial charge in [0.05, 0.1) is 4.90 Å². The Morgan fingerprint density at radius 1 is 1.00 bits per heavy atom. The lowest BCUT2D eigenvalue weighted by Gasteiger charge is -2.12. The summed E-state index contributed by atoms with van der Waals surface area (Å²) in [5.41, 5.74) is 1.78. The van der Waals surface area contributed by atoms with Crippen LogP contribution in [0.25, 0.3) is 0 Å². The molecule has 2 aromatic carbocycles. The zero-order valence-corrected chi connectivity index (χ0v) is 16.8. The van der Waals surface area contributed by atoms with Gasteiger partial charge in [0.1, 0.15) is 12.4 Å². The first-order valence-electron chi connectivity index (χ1n) is 8.72. The fourth-order valence-corrected chi connectivity index (χ4v) is 3.42. The number of nitrogens with zero attached hydrogens (tertiary/aromatic N) is 2. The van der Waals surface area contributed by atoms with Crippen LogP contribution in [0.5, 0.6) is 11.6 Å². The van der Waals surface area contributed by atoms with Crippen molar-refractivity contribution in [3.8, 4) is 11.6 Å². The summed E-state index contributed by atoms with van der Waals surface area (Å²) in [6.45, 7) is 2.18. The van der Waals surface area contributed by atoms with E-state index in [2.05, 4.69) is 14.7 Å². The van der Waals surface area contributed by atoms with E-state index < -0.39 is 10.0 Å². The van der Waals surface area contributed by atoms with Crippen LogP contribution in [0, 0.1) is 6.92 Å². The van der Waals surface area contributed by atoms with Crippen LogP contribution in [0.4, 0.5) is 5.82 Å². The first-order valence-corrected chi connectivity index (χ1v) is 10.2. The molecule has 29 heavy (non-hydrogen) atoms. The number of anilines is 1. The quantitative estimate of drug-likeness (QED) is 0.536. The molecule has 3 rings (SSSR count). The molecule has 1 aromatic heterocycles. The zero-order valence-electron chi connectivity index (χ0n) is 16.0. The van der Waals surface area contributed by atoms with Gasteiger partial charge in [0.15, 0.2) is 6.79 Å². The summed E-state index contributed by atoms with van der Waals surface area (Å²) in [6.07, 6.45) is 2.82. The molecule has 0 bridgehead atoms. The molecule has 3 aromatic rings. The Balaban J connectivity index is 1.73. The van der Waals surface area contributed by atoms with Gasteiger partial charge in [-0.15, -0.1) is 0 Å². The smallest absolute Gasteiger partial charge is 0.263 e. The number of aromatic nitrogens is 2. The summed E-state index contributed by atoms with van der Waals surface area (Å²) in [4.78, 5) is 8.28. The van der Waals surface area contributed by atoms with Crippen LogP contribution < -0.4 is 14.2 Å². The first kappa shape index (κ1) is 20.6. The largest absolute Gasteiger partial charge is 0.470 e. The normalized spacial score (nSPS) is 11.1. The summed E-state index contributed by atoms with van der Waals surface area (Å²) in [5, 5.41) is 0. The third-order valence-corrected chi connectivity index (χ3v) is 5.20. The van der Waals surface area contributed by atoms with Crippen molar-refractivity contribution >= 4 is 15.8 Å². The zero-order chi connectivity index (χ0) is 20.7. The predicted octanol–water partition coefficient (Wildman–Crippen LogP) is 3.15. The number of hydrogen-bond donors (Lipinski definition) is 1. The van der Waals surface area contributed by atoms with Crippen LogP contribution in [0.2, 0.25) is 0 Å². The summed E-state index contributed by atoms with van der Waals surface area (Å²) >= 11 is 0. The number of hydrogen-bond acceptors (Lipinski definition) is 7. The van der Waals surface area contributed by atoms with Gasteiger partial charge in [-0.05, 0) is 36.8 Å². The second-order valence-corrected chi connectivity index (χ2v) is 7.80. The molecule has 0 aliphatic heterocycles. The van der Waals surface area contributed by atoms with Gasteiger partial charge in [-0.25, -0.2) is 18.4 Å². The lowest BCUT2D eigenvalue weighted by atomic mass is 10.2. The molecular formula is C20H21N3O5S. The van der Waals surface area contributed by atoms with E-state index in [4.69, 9.17) is 14.2 Å². The molecule has 0 spiro atoms. The molecule has 0 fully saturated rings. The van der Waals surface area contributed by atoms with Crippen molar-refractivity contribution in [1.29, 1.82) is 0 Å². The highest BCUT2D eigenvalue weighted by Crippen LogP contribution is 2.23.